The highest BCUT2D eigenvalue weighted by molar-refractivity contribution is 7.11. The summed E-state index contributed by atoms with van der Waals surface area (Å²) in [6.45, 7) is 4.77. The largest absolute Gasteiger partial charge is 0.494 e. The molecule has 3 rings (SSSR count). The van der Waals surface area contributed by atoms with Gasteiger partial charge >= 0.3 is 0 Å². The fourth-order valence-corrected chi connectivity index (χ4v) is 3.85. The van der Waals surface area contributed by atoms with Crippen LogP contribution < -0.4 is 10.1 Å². The van der Waals surface area contributed by atoms with Crippen molar-refractivity contribution >= 4 is 23.2 Å². The molecular weight excluding hydrogens is 366 g/mol. The molecule has 0 saturated carbocycles. The summed E-state index contributed by atoms with van der Waals surface area (Å²) >= 11 is 1.51. The van der Waals surface area contributed by atoms with E-state index in [9.17, 15) is 14.7 Å². The van der Waals surface area contributed by atoms with E-state index < -0.39 is 12.1 Å². The van der Waals surface area contributed by atoms with E-state index in [4.69, 9.17) is 4.74 Å². The molecule has 144 valence electrons. The fraction of sp³-hybridized carbons (Fsp3) is 0.421. The van der Waals surface area contributed by atoms with E-state index in [2.05, 4.69) is 10.3 Å². The van der Waals surface area contributed by atoms with Crippen LogP contribution in [0.25, 0.3) is 0 Å². The smallest absolute Gasteiger partial charge is 0.254 e. The summed E-state index contributed by atoms with van der Waals surface area (Å²) in [7, 11) is 0. The summed E-state index contributed by atoms with van der Waals surface area (Å²) in [6, 6.07) is 6.17. The van der Waals surface area contributed by atoms with Crippen molar-refractivity contribution in [3.05, 3.63) is 45.9 Å². The molecule has 8 heteroatoms. The first-order valence-electron chi connectivity index (χ1n) is 8.89. The number of amides is 2. The number of nitrogens with one attached hydrogen (secondary N) is 1. The number of rotatable bonds is 6. The van der Waals surface area contributed by atoms with E-state index >= 15 is 0 Å². The number of benzene rings is 1. The van der Waals surface area contributed by atoms with E-state index in [-0.39, 0.29) is 24.8 Å². The number of aromatic nitrogens is 1. The van der Waals surface area contributed by atoms with Gasteiger partial charge in [0.2, 0.25) is 5.91 Å². The second-order valence-electron chi connectivity index (χ2n) is 6.39. The molecule has 2 amide bonds. The second-order valence-corrected chi connectivity index (χ2v) is 7.71. The first kappa shape index (κ1) is 19.3. The van der Waals surface area contributed by atoms with Crippen LogP contribution in [0.15, 0.2) is 30.5 Å². The van der Waals surface area contributed by atoms with E-state index in [1.165, 1.54) is 16.2 Å². The predicted octanol–water partition coefficient (Wildman–Crippen LogP) is 1.74. The zero-order chi connectivity index (χ0) is 19.4. The first-order chi connectivity index (χ1) is 13.0. The number of β-amino-alcohol motifs (C(OH)–C–C–N with tert-alkyl or cyclic N) is 1. The molecule has 0 spiro atoms. The molecule has 2 aromatic rings. The number of thiazole rings is 1. The molecule has 1 aliphatic rings. The Bertz CT molecular complexity index is 823. The molecule has 1 aromatic carbocycles. The third-order valence-electron chi connectivity index (χ3n) is 4.34. The van der Waals surface area contributed by atoms with Crippen LogP contribution in [-0.4, -0.2) is 52.1 Å². The van der Waals surface area contributed by atoms with E-state index in [1.54, 1.807) is 30.5 Å². The zero-order valence-electron chi connectivity index (χ0n) is 15.3. The quantitative estimate of drug-likeness (QED) is 0.785. The van der Waals surface area contributed by atoms with Crippen molar-refractivity contribution in [1.29, 1.82) is 0 Å². The molecule has 27 heavy (non-hydrogen) atoms. The Morgan fingerprint density at radius 1 is 1.44 bits per heavy atom. The van der Waals surface area contributed by atoms with Crippen molar-refractivity contribution in [2.24, 2.45) is 0 Å². The highest BCUT2D eigenvalue weighted by Gasteiger charge is 2.39. The average molecular weight is 389 g/mol. The predicted molar refractivity (Wildman–Crippen MR) is 102 cm³/mol. The number of nitrogens with zero attached hydrogens (tertiary/aromatic N) is 2. The summed E-state index contributed by atoms with van der Waals surface area (Å²) in [5.41, 5.74) is 0.436. The molecule has 0 unspecified atom stereocenters. The van der Waals surface area contributed by atoms with Crippen molar-refractivity contribution in [2.75, 3.05) is 13.2 Å². The minimum absolute atomic E-state index is 0.134. The molecule has 2 atom stereocenters. The summed E-state index contributed by atoms with van der Waals surface area (Å²) in [5, 5.41) is 13.8. The van der Waals surface area contributed by atoms with Gasteiger partial charge in [-0.05, 0) is 32.0 Å². The van der Waals surface area contributed by atoms with Crippen molar-refractivity contribution in [3.63, 3.8) is 0 Å². The molecule has 2 heterocycles. The lowest BCUT2D eigenvalue weighted by Crippen LogP contribution is -2.45. The van der Waals surface area contributed by atoms with Gasteiger partial charge in [0.15, 0.2) is 0 Å². The van der Waals surface area contributed by atoms with E-state index in [0.29, 0.717) is 24.5 Å². The van der Waals surface area contributed by atoms with E-state index in [0.717, 1.165) is 9.88 Å². The van der Waals surface area contributed by atoms with Gasteiger partial charge in [-0.1, -0.05) is 6.07 Å². The zero-order valence-corrected chi connectivity index (χ0v) is 16.2. The third-order valence-corrected chi connectivity index (χ3v) is 5.25. The number of carbonyl (C=O) groups excluding carboxylic acids is 2. The van der Waals surface area contributed by atoms with Gasteiger partial charge < -0.3 is 20.1 Å². The molecule has 7 nitrogen and oxygen atoms in total. The Kier molecular flexibility index (Phi) is 6.08. The molecule has 1 fully saturated rings. The summed E-state index contributed by atoms with van der Waals surface area (Å²) in [5.74, 6) is 0.0402. The van der Waals surface area contributed by atoms with Crippen LogP contribution in [-0.2, 0) is 11.3 Å². The van der Waals surface area contributed by atoms with Crippen LogP contribution in [0.1, 0.15) is 33.6 Å². The van der Waals surface area contributed by atoms with Gasteiger partial charge in [0, 0.05) is 29.6 Å². The molecule has 2 N–H and O–H groups in total. The maximum absolute atomic E-state index is 12.9. The summed E-state index contributed by atoms with van der Waals surface area (Å²) in [4.78, 5) is 32.1. The average Bonchev–Trinajstić information content (AvgIpc) is 3.25. The monoisotopic (exact) mass is 389 g/mol. The topological polar surface area (TPSA) is 91.8 Å². The number of ether oxygens (including phenoxy) is 1. The van der Waals surface area contributed by atoms with Gasteiger partial charge in [0.1, 0.15) is 11.8 Å². The maximum atomic E-state index is 12.9. The Morgan fingerprint density at radius 2 is 2.26 bits per heavy atom. The lowest BCUT2D eigenvalue weighted by Gasteiger charge is -2.23. The lowest BCUT2D eigenvalue weighted by atomic mass is 10.1. The van der Waals surface area contributed by atoms with Gasteiger partial charge in [-0.2, -0.15) is 0 Å². The SMILES string of the molecule is CCOc1cccc(C(=O)N2C[C@H](O)C[C@H]2C(=O)NCc2cnc(C)s2)c1. The standard InChI is InChI=1S/C19H23N3O4S/c1-3-26-15-6-4-5-13(7-15)19(25)22-11-14(23)8-17(22)18(24)21-10-16-9-20-12(2)27-16/h4-7,9,14,17,23H,3,8,10-11H2,1-2H3,(H,21,24)/t14-,17+/m1/s1. The summed E-state index contributed by atoms with van der Waals surface area (Å²) < 4.78 is 5.44. The molecule has 1 aliphatic heterocycles. The van der Waals surface area contributed by atoms with Gasteiger partial charge in [0.25, 0.3) is 5.91 Å². The number of likely N-dealkylation sites (tertiary alicyclic amines) is 1. The van der Waals surface area contributed by atoms with Crippen LogP contribution in [0.3, 0.4) is 0 Å². The molecular formula is C19H23N3O4S. The van der Waals surface area contributed by atoms with Crippen LogP contribution in [0.2, 0.25) is 0 Å². The van der Waals surface area contributed by atoms with E-state index in [1.807, 2.05) is 13.8 Å². The third kappa shape index (κ3) is 4.64. The Labute approximate surface area is 162 Å². The molecule has 0 bridgehead atoms. The summed E-state index contributed by atoms with van der Waals surface area (Å²) in [6.07, 6.45) is 1.24. The highest BCUT2D eigenvalue weighted by atomic mass is 32.1. The van der Waals surface area contributed by atoms with Crippen molar-refractivity contribution in [1.82, 2.24) is 15.2 Å². The minimum atomic E-state index is -0.717. The second kappa shape index (κ2) is 8.49. The number of aliphatic hydroxyl groups excluding tert-OH is 1. The normalized spacial score (nSPS) is 19.1. The van der Waals surface area contributed by atoms with Gasteiger partial charge in [-0.25, -0.2) is 4.98 Å². The number of carbonyl (C=O) groups is 2. The number of aryl methyl sites for hydroxylation is 1. The van der Waals surface area contributed by atoms with Crippen LogP contribution in [0, 0.1) is 6.92 Å². The molecule has 1 saturated heterocycles. The van der Waals surface area contributed by atoms with Crippen LogP contribution in [0.4, 0.5) is 0 Å². The van der Waals surface area contributed by atoms with Crippen molar-refractivity contribution in [2.45, 2.75) is 39.0 Å². The van der Waals surface area contributed by atoms with Crippen molar-refractivity contribution < 1.29 is 19.4 Å². The van der Waals surface area contributed by atoms with Gasteiger partial charge in [-0.3, -0.25) is 9.59 Å². The Morgan fingerprint density at radius 3 is 2.96 bits per heavy atom. The Balaban J connectivity index is 1.70. The molecule has 0 aliphatic carbocycles. The number of hydrogen-bond acceptors (Lipinski definition) is 6. The first-order valence-corrected chi connectivity index (χ1v) is 9.70. The fourth-order valence-electron chi connectivity index (χ4n) is 3.12. The van der Waals surface area contributed by atoms with Gasteiger partial charge in [0.05, 0.1) is 24.3 Å². The number of hydrogen-bond donors (Lipinski definition) is 2. The molecule has 0 radical (unpaired) electrons. The van der Waals surface area contributed by atoms with Gasteiger partial charge in [-0.15, -0.1) is 11.3 Å². The Hall–Kier alpha value is -2.45. The van der Waals surface area contributed by atoms with Crippen LogP contribution >= 0.6 is 11.3 Å². The maximum Gasteiger partial charge on any atom is 0.254 e. The highest BCUT2D eigenvalue weighted by Crippen LogP contribution is 2.23. The number of aliphatic hydroxyl groups is 1. The van der Waals surface area contributed by atoms with Crippen molar-refractivity contribution in [3.8, 4) is 5.75 Å². The minimum Gasteiger partial charge on any atom is -0.494 e. The van der Waals surface area contributed by atoms with Crippen LogP contribution in [0.5, 0.6) is 5.75 Å². The lowest BCUT2D eigenvalue weighted by molar-refractivity contribution is -0.125. The molecule has 1 aromatic heterocycles.